The third-order valence-corrected chi connectivity index (χ3v) is 4.27. The third-order valence-electron chi connectivity index (χ3n) is 3.04. The molecule has 0 saturated carbocycles. The Bertz CT molecular complexity index is 540. The Labute approximate surface area is 115 Å². The highest BCUT2D eigenvalue weighted by atomic mass is 35.5. The molecule has 2 aromatic rings. The van der Waals surface area contributed by atoms with Gasteiger partial charge >= 0.3 is 0 Å². The molecule has 0 aliphatic rings. The minimum Gasteiger partial charge on any atom is -0.385 e. The summed E-state index contributed by atoms with van der Waals surface area (Å²) in [5.41, 5.74) is -0.439. The first-order valence-electron chi connectivity index (χ1n) is 5.76. The third kappa shape index (κ3) is 2.91. The van der Waals surface area contributed by atoms with Crippen molar-refractivity contribution in [2.45, 2.75) is 25.4 Å². The Hall–Kier alpha value is -0.900. The normalized spacial score (nSPS) is 14.4. The van der Waals surface area contributed by atoms with Gasteiger partial charge in [-0.15, -0.1) is 11.3 Å². The molecule has 0 radical (unpaired) electrons. The van der Waals surface area contributed by atoms with E-state index in [4.69, 9.17) is 11.6 Å². The minimum absolute atomic E-state index is 0.330. The molecule has 96 valence electrons. The lowest BCUT2D eigenvalue weighted by Gasteiger charge is -2.27. The molecule has 18 heavy (non-hydrogen) atoms. The molecule has 1 nitrogen and oxygen atoms in total. The first kappa shape index (κ1) is 13.5. The van der Waals surface area contributed by atoms with Crippen LogP contribution in [-0.4, -0.2) is 5.11 Å². The first-order valence-corrected chi connectivity index (χ1v) is 6.95. The van der Waals surface area contributed by atoms with Crippen LogP contribution >= 0.6 is 22.9 Å². The number of hydrogen-bond acceptors (Lipinski definition) is 2. The van der Waals surface area contributed by atoms with Gasteiger partial charge in [0.1, 0.15) is 5.82 Å². The van der Waals surface area contributed by atoms with Crippen molar-refractivity contribution in [2.75, 3.05) is 0 Å². The van der Waals surface area contributed by atoms with E-state index in [0.29, 0.717) is 22.7 Å². The van der Waals surface area contributed by atoms with Gasteiger partial charge < -0.3 is 5.11 Å². The van der Waals surface area contributed by atoms with E-state index in [1.807, 2.05) is 19.1 Å². The summed E-state index contributed by atoms with van der Waals surface area (Å²) < 4.78 is 13.9. The van der Waals surface area contributed by atoms with Crippen molar-refractivity contribution >= 4 is 22.9 Å². The Morgan fingerprint density at radius 3 is 2.67 bits per heavy atom. The quantitative estimate of drug-likeness (QED) is 0.883. The highest BCUT2D eigenvalue weighted by Gasteiger charge is 2.28. The van der Waals surface area contributed by atoms with E-state index in [9.17, 15) is 9.50 Å². The zero-order valence-electron chi connectivity index (χ0n) is 9.99. The van der Waals surface area contributed by atoms with E-state index in [-0.39, 0.29) is 5.82 Å². The van der Waals surface area contributed by atoms with Crippen molar-refractivity contribution < 1.29 is 9.50 Å². The van der Waals surface area contributed by atoms with Gasteiger partial charge in [-0.3, -0.25) is 0 Å². The van der Waals surface area contributed by atoms with Crippen molar-refractivity contribution in [1.29, 1.82) is 0 Å². The highest BCUT2D eigenvalue weighted by molar-refractivity contribution is 7.16. The van der Waals surface area contributed by atoms with Gasteiger partial charge in [-0.25, -0.2) is 4.39 Å². The Morgan fingerprint density at radius 2 is 2.11 bits per heavy atom. The van der Waals surface area contributed by atoms with Crippen molar-refractivity contribution in [1.82, 2.24) is 0 Å². The van der Waals surface area contributed by atoms with Crippen molar-refractivity contribution in [3.63, 3.8) is 0 Å². The van der Waals surface area contributed by atoms with Gasteiger partial charge in [0.2, 0.25) is 0 Å². The predicted octanol–water partition coefficient (Wildman–Crippen LogP) is 4.38. The van der Waals surface area contributed by atoms with Gasteiger partial charge in [-0.2, -0.15) is 0 Å². The van der Waals surface area contributed by atoms with Crippen LogP contribution in [0.15, 0.2) is 36.4 Å². The average Bonchev–Trinajstić information content (AvgIpc) is 2.74. The average molecular weight is 285 g/mol. The Balaban J connectivity index is 2.30. The zero-order valence-corrected chi connectivity index (χ0v) is 11.6. The standard InChI is InChI=1S/C14H14ClFOS/c1-2-14(17,9-12-6-7-13(15)18-12)10-4-3-5-11(16)8-10/h3-8,17H,2,9H2,1H3. The number of rotatable bonds is 4. The van der Waals surface area contributed by atoms with Crippen LogP contribution in [0, 0.1) is 5.82 Å². The molecule has 1 atom stereocenters. The summed E-state index contributed by atoms with van der Waals surface area (Å²) in [6.07, 6.45) is 0.969. The predicted molar refractivity (Wildman–Crippen MR) is 73.6 cm³/mol. The second kappa shape index (κ2) is 5.39. The Morgan fingerprint density at radius 1 is 1.33 bits per heavy atom. The number of thiophene rings is 1. The summed E-state index contributed by atoms with van der Waals surface area (Å²) in [4.78, 5) is 0.994. The van der Waals surface area contributed by atoms with Crippen LogP contribution in [0.25, 0.3) is 0 Å². The van der Waals surface area contributed by atoms with E-state index in [2.05, 4.69) is 0 Å². The van der Waals surface area contributed by atoms with Gasteiger partial charge in [0, 0.05) is 11.3 Å². The second-order valence-corrected chi connectivity index (χ2v) is 6.08. The van der Waals surface area contributed by atoms with E-state index in [1.165, 1.54) is 23.5 Å². The van der Waals surface area contributed by atoms with Crippen LogP contribution in [-0.2, 0) is 12.0 Å². The van der Waals surface area contributed by atoms with E-state index in [0.717, 1.165) is 4.88 Å². The number of aliphatic hydroxyl groups is 1. The molecule has 1 N–H and O–H groups in total. The highest BCUT2D eigenvalue weighted by Crippen LogP contribution is 2.33. The van der Waals surface area contributed by atoms with Gasteiger partial charge in [0.05, 0.1) is 9.94 Å². The molecule has 1 aromatic carbocycles. The summed E-state index contributed by atoms with van der Waals surface area (Å²) in [6.45, 7) is 1.89. The molecule has 1 heterocycles. The number of benzene rings is 1. The minimum atomic E-state index is -1.05. The van der Waals surface area contributed by atoms with Crippen LogP contribution in [0.1, 0.15) is 23.8 Å². The Kier molecular flexibility index (Phi) is 4.05. The fourth-order valence-corrected chi connectivity index (χ4v) is 3.14. The second-order valence-electron chi connectivity index (χ2n) is 4.28. The maximum atomic E-state index is 13.2. The van der Waals surface area contributed by atoms with Crippen LogP contribution < -0.4 is 0 Å². The van der Waals surface area contributed by atoms with Crippen LogP contribution in [0.3, 0.4) is 0 Å². The van der Waals surface area contributed by atoms with Gasteiger partial charge in [0.25, 0.3) is 0 Å². The molecule has 0 aliphatic carbocycles. The van der Waals surface area contributed by atoms with Gasteiger partial charge in [-0.05, 0) is 36.2 Å². The lowest BCUT2D eigenvalue weighted by atomic mass is 9.87. The molecular formula is C14H14ClFOS. The SMILES string of the molecule is CCC(O)(Cc1ccc(Cl)s1)c1cccc(F)c1. The van der Waals surface area contributed by atoms with E-state index >= 15 is 0 Å². The summed E-state index contributed by atoms with van der Waals surface area (Å²) in [6, 6.07) is 9.84. The molecule has 0 fully saturated rings. The topological polar surface area (TPSA) is 20.2 Å². The monoisotopic (exact) mass is 284 g/mol. The molecule has 2 rings (SSSR count). The number of hydrogen-bond donors (Lipinski definition) is 1. The number of halogens is 2. The molecule has 0 saturated heterocycles. The lowest BCUT2D eigenvalue weighted by Crippen LogP contribution is -2.27. The van der Waals surface area contributed by atoms with Gasteiger partial charge in [0.15, 0.2) is 0 Å². The first-order chi connectivity index (χ1) is 8.53. The van der Waals surface area contributed by atoms with Crippen LogP contribution in [0.5, 0.6) is 0 Å². The molecule has 1 unspecified atom stereocenters. The fourth-order valence-electron chi connectivity index (χ4n) is 1.94. The van der Waals surface area contributed by atoms with Crippen molar-refractivity contribution in [3.8, 4) is 0 Å². The molecule has 4 heteroatoms. The van der Waals surface area contributed by atoms with Crippen molar-refractivity contribution in [3.05, 3.63) is 57.0 Å². The smallest absolute Gasteiger partial charge is 0.123 e. The molecule has 0 spiro atoms. The molecular weight excluding hydrogens is 271 g/mol. The van der Waals surface area contributed by atoms with E-state index < -0.39 is 5.60 Å². The summed E-state index contributed by atoms with van der Waals surface area (Å²) in [7, 11) is 0. The van der Waals surface area contributed by atoms with Crippen LogP contribution in [0.4, 0.5) is 4.39 Å². The van der Waals surface area contributed by atoms with Crippen molar-refractivity contribution in [2.24, 2.45) is 0 Å². The summed E-state index contributed by atoms with van der Waals surface area (Å²) in [5, 5.41) is 10.7. The molecule has 0 bridgehead atoms. The largest absolute Gasteiger partial charge is 0.385 e. The summed E-state index contributed by atoms with van der Waals surface area (Å²) >= 11 is 7.32. The zero-order chi connectivity index (χ0) is 13.2. The summed E-state index contributed by atoms with van der Waals surface area (Å²) in [5.74, 6) is -0.330. The van der Waals surface area contributed by atoms with E-state index in [1.54, 1.807) is 12.1 Å². The molecule has 1 aromatic heterocycles. The molecule has 0 amide bonds. The maximum Gasteiger partial charge on any atom is 0.123 e. The maximum absolute atomic E-state index is 13.2. The van der Waals surface area contributed by atoms with Gasteiger partial charge in [-0.1, -0.05) is 30.7 Å². The lowest BCUT2D eigenvalue weighted by molar-refractivity contribution is 0.0332. The van der Waals surface area contributed by atoms with Crippen LogP contribution in [0.2, 0.25) is 4.34 Å². The fraction of sp³-hybridized carbons (Fsp3) is 0.286. The molecule has 0 aliphatic heterocycles.